The Morgan fingerprint density at radius 1 is 1.32 bits per heavy atom. The molecule has 0 aliphatic rings. The third-order valence-corrected chi connectivity index (χ3v) is 4.03. The molecule has 0 spiro atoms. The molecule has 0 saturated carbocycles. The van der Waals surface area contributed by atoms with E-state index in [1.165, 1.54) is 6.07 Å². The van der Waals surface area contributed by atoms with Gasteiger partial charge in [0, 0.05) is 16.2 Å². The molecule has 120 valence electrons. The van der Waals surface area contributed by atoms with E-state index < -0.39 is 27.7 Å². The van der Waals surface area contributed by atoms with Crippen molar-refractivity contribution in [2.75, 3.05) is 5.75 Å². The number of benzene rings is 1. The summed E-state index contributed by atoms with van der Waals surface area (Å²) in [6, 6.07) is 4.68. The zero-order chi connectivity index (χ0) is 16.5. The smallest absolute Gasteiger partial charge is 0.344 e. The molecular weight excluding hydrogens is 389 g/mol. The number of rotatable bonds is 4. The third kappa shape index (κ3) is 4.31. The van der Waals surface area contributed by atoms with E-state index >= 15 is 0 Å². The average molecular weight is 399 g/mol. The summed E-state index contributed by atoms with van der Waals surface area (Å²) in [6.07, 6.45) is -3.89. The predicted molar refractivity (Wildman–Crippen MR) is 76.8 cm³/mol. The van der Waals surface area contributed by atoms with Crippen LogP contribution in [0.1, 0.15) is 11.3 Å². The minimum Gasteiger partial charge on any atom is -0.344 e. The Bertz CT molecular complexity index is 787. The maximum absolute atomic E-state index is 12.6. The molecule has 0 amide bonds. The van der Waals surface area contributed by atoms with Crippen molar-refractivity contribution in [3.63, 3.8) is 0 Å². The number of imidazole rings is 1. The highest BCUT2D eigenvalue weighted by Gasteiger charge is 2.34. The van der Waals surface area contributed by atoms with E-state index in [-0.39, 0.29) is 12.2 Å². The Morgan fingerprint density at radius 3 is 2.55 bits per heavy atom. The molecule has 2 rings (SSSR count). The summed E-state index contributed by atoms with van der Waals surface area (Å²) in [5.41, 5.74) is -0.288. The molecule has 0 radical (unpaired) electrons. The molecule has 1 aromatic carbocycles. The van der Waals surface area contributed by atoms with Gasteiger partial charge in [0.25, 0.3) is 10.1 Å². The van der Waals surface area contributed by atoms with Crippen molar-refractivity contribution in [2.45, 2.75) is 12.6 Å². The Hall–Kier alpha value is -1.39. The molecule has 0 atom stereocenters. The molecule has 1 heterocycles. The van der Waals surface area contributed by atoms with Gasteiger partial charge in [-0.05, 0) is 30.2 Å². The Labute approximate surface area is 132 Å². The fourth-order valence-corrected chi connectivity index (χ4v) is 2.73. The van der Waals surface area contributed by atoms with Gasteiger partial charge in [0.15, 0.2) is 5.69 Å². The highest BCUT2D eigenvalue weighted by atomic mass is 79.9. The molecular formula is C12H10BrF3N2O3S. The third-order valence-electron chi connectivity index (χ3n) is 2.82. The number of nitrogens with one attached hydrogen (secondary N) is 1. The molecule has 22 heavy (non-hydrogen) atoms. The summed E-state index contributed by atoms with van der Waals surface area (Å²) in [4.78, 5) is 5.91. The van der Waals surface area contributed by atoms with E-state index in [9.17, 15) is 21.6 Å². The number of aromatic nitrogens is 2. The van der Waals surface area contributed by atoms with E-state index in [0.717, 1.165) is 6.20 Å². The van der Waals surface area contributed by atoms with E-state index in [1.54, 1.807) is 12.1 Å². The van der Waals surface area contributed by atoms with Crippen molar-refractivity contribution in [1.82, 2.24) is 9.97 Å². The number of aromatic amines is 1. The van der Waals surface area contributed by atoms with Crippen LogP contribution in [0, 0.1) is 0 Å². The van der Waals surface area contributed by atoms with Gasteiger partial charge < -0.3 is 4.98 Å². The van der Waals surface area contributed by atoms with E-state index in [1.807, 2.05) is 0 Å². The fraction of sp³-hybridized carbons (Fsp3) is 0.250. The van der Waals surface area contributed by atoms with Gasteiger partial charge in [-0.1, -0.05) is 15.9 Å². The zero-order valence-electron chi connectivity index (χ0n) is 10.9. The summed E-state index contributed by atoms with van der Waals surface area (Å²) in [7, 11) is -4.18. The monoisotopic (exact) mass is 398 g/mol. The molecule has 0 fully saturated rings. The van der Waals surface area contributed by atoms with Crippen LogP contribution in [-0.4, -0.2) is 28.7 Å². The van der Waals surface area contributed by atoms with Crippen LogP contribution in [-0.2, 0) is 22.7 Å². The van der Waals surface area contributed by atoms with Crippen molar-refractivity contribution in [1.29, 1.82) is 0 Å². The Morgan fingerprint density at radius 2 is 2.00 bits per heavy atom. The second-order valence-electron chi connectivity index (χ2n) is 4.47. The first-order chi connectivity index (χ1) is 10.1. The van der Waals surface area contributed by atoms with Crippen LogP contribution in [0.2, 0.25) is 0 Å². The molecule has 0 unspecified atom stereocenters. The maximum Gasteiger partial charge on any atom is 0.434 e. The lowest BCUT2D eigenvalue weighted by Gasteiger charge is -2.08. The first-order valence-corrected chi connectivity index (χ1v) is 8.33. The lowest BCUT2D eigenvalue weighted by Crippen LogP contribution is -2.08. The van der Waals surface area contributed by atoms with Gasteiger partial charge >= 0.3 is 6.18 Å². The van der Waals surface area contributed by atoms with Crippen molar-refractivity contribution in [3.05, 3.63) is 40.1 Å². The molecule has 5 nitrogen and oxygen atoms in total. The molecule has 0 bridgehead atoms. The van der Waals surface area contributed by atoms with Gasteiger partial charge in [-0.3, -0.25) is 4.55 Å². The van der Waals surface area contributed by atoms with Crippen LogP contribution in [0.3, 0.4) is 0 Å². The van der Waals surface area contributed by atoms with Crippen LogP contribution in [0.15, 0.2) is 28.9 Å². The topological polar surface area (TPSA) is 83.1 Å². The average Bonchev–Trinajstić information content (AvgIpc) is 2.85. The number of aryl methyl sites for hydroxylation is 1. The molecule has 1 aromatic heterocycles. The van der Waals surface area contributed by atoms with Gasteiger partial charge in [0.05, 0.1) is 5.75 Å². The zero-order valence-corrected chi connectivity index (χ0v) is 13.3. The lowest BCUT2D eigenvalue weighted by molar-refractivity contribution is -0.140. The first-order valence-electron chi connectivity index (χ1n) is 5.93. The van der Waals surface area contributed by atoms with Gasteiger partial charge in [-0.25, -0.2) is 4.98 Å². The van der Waals surface area contributed by atoms with Crippen LogP contribution in [0.4, 0.5) is 13.2 Å². The van der Waals surface area contributed by atoms with Crippen LogP contribution >= 0.6 is 15.9 Å². The first kappa shape index (κ1) is 17.0. The van der Waals surface area contributed by atoms with E-state index in [2.05, 4.69) is 25.9 Å². The summed E-state index contributed by atoms with van der Waals surface area (Å²) in [5.74, 6) is -0.561. The van der Waals surface area contributed by atoms with Crippen LogP contribution in [0.25, 0.3) is 11.4 Å². The quantitative estimate of drug-likeness (QED) is 0.774. The Balaban J connectivity index is 2.40. The second-order valence-corrected chi connectivity index (χ2v) is 6.96. The number of halogens is 4. The summed E-state index contributed by atoms with van der Waals surface area (Å²) in [6.45, 7) is 0. The SMILES string of the molecule is O=S(=O)(O)CCc1cc(Br)ccc1-c1nc(C(F)(F)F)c[nH]1. The van der Waals surface area contributed by atoms with E-state index in [4.69, 9.17) is 4.55 Å². The van der Waals surface area contributed by atoms with Crippen molar-refractivity contribution >= 4 is 26.0 Å². The number of nitrogens with zero attached hydrogens (tertiary/aromatic N) is 1. The number of H-pyrrole nitrogens is 1. The van der Waals surface area contributed by atoms with E-state index in [0.29, 0.717) is 15.6 Å². The maximum atomic E-state index is 12.6. The second kappa shape index (κ2) is 6.01. The standard InChI is InChI=1S/C12H10BrF3N2O3S/c13-8-1-2-9(7(5-8)3-4-22(19,20)21)11-17-6-10(18-11)12(14,15)16/h1-2,5-6H,3-4H2,(H,17,18)(H,19,20,21). The van der Waals surface area contributed by atoms with Gasteiger partial charge in [0.1, 0.15) is 5.82 Å². The largest absolute Gasteiger partial charge is 0.434 e. The van der Waals surface area contributed by atoms with Crippen LogP contribution in [0.5, 0.6) is 0 Å². The number of hydrogen-bond acceptors (Lipinski definition) is 3. The summed E-state index contributed by atoms with van der Waals surface area (Å²) in [5, 5.41) is 0. The molecule has 2 aromatic rings. The summed E-state index contributed by atoms with van der Waals surface area (Å²) >= 11 is 3.20. The molecule has 2 N–H and O–H groups in total. The molecule has 0 saturated heterocycles. The normalized spacial score (nSPS) is 12.6. The minimum atomic E-state index is -4.57. The Kier molecular flexibility index (Phi) is 4.64. The highest BCUT2D eigenvalue weighted by Crippen LogP contribution is 2.31. The van der Waals surface area contributed by atoms with Crippen molar-refractivity contribution < 1.29 is 26.1 Å². The molecule has 10 heteroatoms. The lowest BCUT2D eigenvalue weighted by atomic mass is 10.1. The van der Waals surface area contributed by atoms with Crippen molar-refractivity contribution in [3.8, 4) is 11.4 Å². The van der Waals surface area contributed by atoms with Gasteiger partial charge in [-0.15, -0.1) is 0 Å². The van der Waals surface area contributed by atoms with Crippen LogP contribution < -0.4 is 0 Å². The number of alkyl halides is 3. The van der Waals surface area contributed by atoms with Crippen molar-refractivity contribution in [2.24, 2.45) is 0 Å². The van der Waals surface area contributed by atoms with Gasteiger partial charge in [0.2, 0.25) is 0 Å². The van der Waals surface area contributed by atoms with Gasteiger partial charge in [-0.2, -0.15) is 21.6 Å². The number of hydrogen-bond donors (Lipinski definition) is 2. The highest BCUT2D eigenvalue weighted by molar-refractivity contribution is 9.10. The predicted octanol–water partition coefficient (Wildman–Crippen LogP) is 3.29. The molecule has 0 aliphatic heterocycles. The minimum absolute atomic E-state index is 0.0230. The summed E-state index contributed by atoms with van der Waals surface area (Å²) < 4.78 is 68.9. The molecule has 0 aliphatic carbocycles. The fourth-order valence-electron chi connectivity index (χ4n) is 1.84.